The average molecular weight is 509 g/mol. The number of benzene rings is 2. The number of hydrogen-bond donors (Lipinski definition) is 0. The van der Waals surface area contributed by atoms with Crippen LogP contribution < -0.4 is 0 Å². The highest BCUT2D eigenvalue weighted by Gasteiger charge is 2.30. The molecule has 4 rings (SSSR count). The summed E-state index contributed by atoms with van der Waals surface area (Å²) in [5, 5.41) is 0. The van der Waals surface area contributed by atoms with Crippen LogP contribution in [0.1, 0.15) is 44.2 Å². The lowest BCUT2D eigenvalue weighted by Crippen LogP contribution is -2.28. The molecule has 4 aromatic rings. The summed E-state index contributed by atoms with van der Waals surface area (Å²) in [6, 6.07) is 19.5. The fraction of sp³-hybridized carbons (Fsp3) is 0.241. The summed E-state index contributed by atoms with van der Waals surface area (Å²) in [4.78, 5) is 27.3. The van der Waals surface area contributed by atoms with E-state index in [1.165, 1.54) is 18.4 Å². The van der Waals surface area contributed by atoms with Gasteiger partial charge in [0.2, 0.25) is 0 Å². The summed E-state index contributed by atoms with van der Waals surface area (Å²) in [5.41, 5.74) is 2.50. The van der Waals surface area contributed by atoms with Crippen LogP contribution in [0, 0.1) is 6.92 Å². The minimum Gasteiger partial charge on any atom is -0.459 e. The summed E-state index contributed by atoms with van der Waals surface area (Å²) in [6.07, 6.45) is -2.53. The van der Waals surface area contributed by atoms with Gasteiger partial charge < -0.3 is 13.9 Å². The molecule has 0 saturated carbocycles. The third-order valence-electron chi connectivity index (χ3n) is 6.31. The van der Waals surface area contributed by atoms with Gasteiger partial charge in [0.25, 0.3) is 5.91 Å². The minimum atomic E-state index is -4.47. The molecule has 2 heterocycles. The van der Waals surface area contributed by atoms with Gasteiger partial charge in [-0.3, -0.25) is 9.59 Å². The third kappa shape index (κ3) is 6.02. The normalized spacial score (nSPS) is 11.5. The first-order valence-electron chi connectivity index (χ1n) is 11.9. The van der Waals surface area contributed by atoms with Crippen molar-refractivity contribution in [2.24, 2.45) is 0 Å². The topological polar surface area (TPSA) is 55.5 Å². The van der Waals surface area contributed by atoms with Crippen molar-refractivity contribution in [2.75, 3.05) is 13.6 Å². The molecule has 0 saturated heterocycles. The SMILES string of the molecule is Cc1c(C(=O)Cc2cccc(C(F)(F)F)c2)cc(-c2ccccc2)n1CCCN(C)C(=O)c1ccco1. The molecule has 2 aromatic carbocycles. The molecule has 37 heavy (non-hydrogen) atoms. The van der Waals surface area contributed by atoms with Gasteiger partial charge in [-0.15, -0.1) is 0 Å². The van der Waals surface area contributed by atoms with Crippen LogP contribution in [0.2, 0.25) is 0 Å². The van der Waals surface area contributed by atoms with Crippen LogP contribution in [-0.2, 0) is 19.1 Å². The number of halogens is 3. The number of rotatable bonds is 9. The Balaban J connectivity index is 1.55. The van der Waals surface area contributed by atoms with Gasteiger partial charge in [-0.2, -0.15) is 13.2 Å². The Kier molecular flexibility index (Phi) is 7.66. The van der Waals surface area contributed by atoms with Gasteiger partial charge in [0.05, 0.1) is 11.8 Å². The number of carbonyl (C=O) groups excluding carboxylic acids is 2. The highest BCUT2D eigenvalue weighted by atomic mass is 19.4. The van der Waals surface area contributed by atoms with Crippen molar-refractivity contribution in [1.29, 1.82) is 0 Å². The molecule has 0 aliphatic heterocycles. The fourth-order valence-electron chi connectivity index (χ4n) is 4.36. The Morgan fingerprint density at radius 1 is 0.973 bits per heavy atom. The van der Waals surface area contributed by atoms with Crippen LogP contribution >= 0.6 is 0 Å². The van der Waals surface area contributed by atoms with E-state index in [0.717, 1.165) is 29.1 Å². The molecule has 0 unspecified atom stereocenters. The second kappa shape index (κ2) is 10.9. The summed E-state index contributed by atoms with van der Waals surface area (Å²) >= 11 is 0. The number of carbonyl (C=O) groups is 2. The van der Waals surface area contributed by atoms with E-state index in [2.05, 4.69) is 0 Å². The standard InChI is InChI=1S/C29H27F3N2O3/c1-20-24(26(35)18-21-9-6-12-23(17-21)29(30,31)32)19-25(22-10-4-3-5-11-22)34(20)15-8-14-33(2)28(36)27-13-7-16-37-27/h3-7,9-13,16-17,19H,8,14-15,18H2,1-2H3. The first-order valence-corrected chi connectivity index (χ1v) is 11.9. The Hall–Kier alpha value is -4.07. The van der Waals surface area contributed by atoms with E-state index in [-0.39, 0.29) is 23.9 Å². The molecule has 1 amide bonds. The fourth-order valence-corrected chi connectivity index (χ4v) is 4.36. The number of alkyl halides is 3. The maximum atomic E-state index is 13.2. The average Bonchev–Trinajstić information content (AvgIpc) is 3.52. The summed E-state index contributed by atoms with van der Waals surface area (Å²) < 4.78 is 46.6. The van der Waals surface area contributed by atoms with Crippen LogP contribution in [0.3, 0.4) is 0 Å². The zero-order chi connectivity index (χ0) is 26.6. The molecule has 2 aromatic heterocycles. The molecule has 192 valence electrons. The monoisotopic (exact) mass is 508 g/mol. The van der Waals surface area contributed by atoms with Crippen molar-refractivity contribution in [3.8, 4) is 11.3 Å². The number of aromatic nitrogens is 1. The first-order chi connectivity index (χ1) is 17.6. The van der Waals surface area contributed by atoms with Crippen LogP contribution in [0.5, 0.6) is 0 Å². The van der Waals surface area contributed by atoms with Crippen LogP contribution in [0.15, 0.2) is 83.5 Å². The van der Waals surface area contributed by atoms with Crippen molar-refractivity contribution in [3.63, 3.8) is 0 Å². The molecule has 0 fully saturated rings. The van der Waals surface area contributed by atoms with Crippen LogP contribution in [0.4, 0.5) is 13.2 Å². The second-order valence-electron chi connectivity index (χ2n) is 8.90. The van der Waals surface area contributed by atoms with Crippen molar-refractivity contribution in [1.82, 2.24) is 9.47 Å². The second-order valence-corrected chi connectivity index (χ2v) is 8.90. The van der Waals surface area contributed by atoms with E-state index in [4.69, 9.17) is 4.42 Å². The van der Waals surface area contributed by atoms with E-state index in [1.54, 1.807) is 30.1 Å². The number of hydrogen-bond acceptors (Lipinski definition) is 3. The van der Waals surface area contributed by atoms with E-state index in [9.17, 15) is 22.8 Å². The largest absolute Gasteiger partial charge is 0.459 e. The van der Waals surface area contributed by atoms with Gasteiger partial charge in [-0.05, 0) is 48.7 Å². The van der Waals surface area contributed by atoms with Gasteiger partial charge in [0.15, 0.2) is 11.5 Å². The van der Waals surface area contributed by atoms with Crippen molar-refractivity contribution in [2.45, 2.75) is 32.5 Å². The minimum absolute atomic E-state index is 0.136. The van der Waals surface area contributed by atoms with E-state index >= 15 is 0 Å². The Morgan fingerprint density at radius 3 is 2.41 bits per heavy atom. The van der Waals surface area contributed by atoms with E-state index in [1.807, 2.05) is 41.8 Å². The molecule has 5 nitrogen and oxygen atoms in total. The molecule has 8 heteroatoms. The molecular weight excluding hydrogens is 481 g/mol. The Bertz CT molecular complexity index is 1370. The number of amides is 1. The Labute approximate surface area is 213 Å². The van der Waals surface area contributed by atoms with Crippen molar-refractivity contribution < 1.29 is 27.2 Å². The number of nitrogens with zero attached hydrogens (tertiary/aromatic N) is 2. The van der Waals surface area contributed by atoms with Crippen molar-refractivity contribution in [3.05, 3.63) is 107 Å². The van der Waals surface area contributed by atoms with Crippen LogP contribution in [-0.4, -0.2) is 34.7 Å². The first kappa shape index (κ1) is 26.0. The lowest BCUT2D eigenvalue weighted by atomic mass is 10.0. The highest BCUT2D eigenvalue weighted by molar-refractivity contribution is 6.00. The molecule has 0 spiro atoms. The molecule has 0 atom stereocenters. The molecule has 0 radical (unpaired) electrons. The Morgan fingerprint density at radius 2 is 1.73 bits per heavy atom. The lowest BCUT2D eigenvalue weighted by molar-refractivity contribution is -0.137. The van der Waals surface area contributed by atoms with E-state index < -0.39 is 11.7 Å². The zero-order valence-corrected chi connectivity index (χ0v) is 20.6. The predicted octanol–water partition coefficient (Wildman–Crippen LogP) is 6.66. The summed E-state index contributed by atoms with van der Waals surface area (Å²) in [6.45, 7) is 2.85. The van der Waals surface area contributed by atoms with Gasteiger partial charge in [-0.25, -0.2) is 0 Å². The lowest BCUT2D eigenvalue weighted by Gasteiger charge is -2.17. The molecule has 0 aliphatic carbocycles. The predicted molar refractivity (Wildman–Crippen MR) is 134 cm³/mol. The summed E-state index contributed by atoms with van der Waals surface area (Å²) in [5.74, 6) is -0.195. The van der Waals surface area contributed by atoms with Gasteiger partial charge >= 0.3 is 6.18 Å². The molecule has 0 aliphatic rings. The highest BCUT2D eigenvalue weighted by Crippen LogP contribution is 2.31. The van der Waals surface area contributed by atoms with Gasteiger partial charge in [-0.1, -0.05) is 48.5 Å². The number of Topliss-reactive ketones (excluding diaryl/α,β-unsaturated/α-hetero) is 1. The molecule has 0 N–H and O–H groups in total. The van der Waals surface area contributed by atoms with Gasteiger partial charge in [0.1, 0.15) is 0 Å². The number of ketones is 1. The van der Waals surface area contributed by atoms with Crippen molar-refractivity contribution >= 4 is 11.7 Å². The molecule has 0 bridgehead atoms. The summed E-state index contributed by atoms with van der Waals surface area (Å²) in [7, 11) is 1.70. The van der Waals surface area contributed by atoms with Crippen LogP contribution in [0.25, 0.3) is 11.3 Å². The quantitative estimate of drug-likeness (QED) is 0.238. The smallest absolute Gasteiger partial charge is 0.416 e. The maximum absolute atomic E-state index is 13.2. The number of furan rings is 1. The third-order valence-corrected chi connectivity index (χ3v) is 6.31. The molecular formula is C29H27F3N2O3. The van der Waals surface area contributed by atoms with Gasteiger partial charge in [0, 0.05) is 43.5 Å². The maximum Gasteiger partial charge on any atom is 0.416 e. The zero-order valence-electron chi connectivity index (χ0n) is 20.6. The van der Waals surface area contributed by atoms with E-state index in [0.29, 0.717) is 30.6 Å².